The van der Waals surface area contributed by atoms with E-state index in [1.165, 1.54) is 6.07 Å². The maximum Gasteiger partial charge on any atom is 0.266 e. The molecule has 0 spiro atoms. The summed E-state index contributed by atoms with van der Waals surface area (Å²) in [6, 6.07) is 18.5. The first-order valence-corrected chi connectivity index (χ1v) is 11.5. The number of aromatic nitrogens is 2. The maximum atomic E-state index is 13.6. The van der Waals surface area contributed by atoms with Crippen molar-refractivity contribution < 1.29 is 9.53 Å². The third kappa shape index (κ3) is 4.39. The molecule has 1 amide bonds. The molecule has 8 heteroatoms. The highest BCUT2D eigenvalue weighted by Gasteiger charge is 2.27. The van der Waals surface area contributed by atoms with E-state index in [1.54, 1.807) is 71.2 Å². The number of amides is 1. The van der Waals surface area contributed by atoms with Crippen LogP contribution >= 0.6 is 23.2 Å². The first kappa shape index (κ1) is 23.8. The Morgan fingerprint density at radius 2 is 1.79 bits per heavy atom. The summed E-state index contributed by atoms with van der Waals surface area (Å²) in [4.78, 5) is 33.5. The lowest BCUT2D eigenvalue weighted by Crippen LogP contribution is -2.37. The summed E-state index contributed by atoms with van der Waals surface area (Å²) in [7, 11) is 1.58. The summed E-state index contributed by atoms with van der Waals surface area (Å²) in [5, 5.41) is 1.20. The van der Waals surface area contributed by atoms with E-state index in [9.17, 15) is 9.59 Å². The SMILES string of the molecule is CCN(C(=O)c1ccc(Cl)cc1Cl)C(C)c1nc2ccccc2c(=O)n1-c1ccc(OC)cc1. The lowest BCUT2D eigenvalue weighted by atomic mass is 10.1. The van der Waals surface area contributed by atoms with Crippen LogP contribution in [-0.4, -0.2) is 34.0 Å². The fourth-order valence-corrected chi connectivity index (χ4v) is 4.45. The van der Waals surface area contributed by atoms with Crippen molar-refractivity contribution in [3.63, 3.8) is 0 Å². The molecule has 4 rings (SSSR count). The third-order valence-corrected chi connectivity index (χ3v) is 6.28. The predicted molar refractivity (Wildman–Crippen MR) is 135 cm³/mol. The fourth-order valence-electron chi connectivity index (χ4n) is 3.96. The lowest BCUT2D eigenvalue weighted by Gasteiger charge is -2.30. The summed E-state index contributed by atoms with van der Waals surface area (Å²) < 4.78 is 6.81. The van der Waals surface area contributed by atoms with Crippen LogP contribution in [0.3, 0.4) is 0 Å². The molecule has 3 aromatic carbocycles. The van der Waals surface area contributed by atoms with Gasteiger partial charge in [-0.2, -0.15) is 0 Å². The Morgan fingerprint density at radius 3 is 2.44 bits per heavy atom. The van der Waals surface area contributed by atoms with Crippen LogP contribution in [0.5, 0.6) is 5.75 Å². The van der Waals surface area contributed by atoms with Gasteiger partial charge < -0.3 is 9.64 Å². The van der Waals surface area contributed by atoms with E-state index in [0.29, 0.717) is 45.3 Å². The van der Waals surface area contributed by atoms with Gasteiger partial charge in [0.1, 0.15) is 11.6 Å². The first-order valence-electron chi connectivity index (χ1n) is 10.8. The Hall–Kier alpha value is -3.35. The Balaban J connectivity index is 1.89. The van der Waals surface area contributed by atoms with E-state index in [1.807, 2.05) is 19.9 Å². The van der Waals surface area contributed by atoms with Crippen molar-refractivity contribution >= 4 is 40.0 Å². The average Bonchev–Trinajstić information content (AvgIpc) is 2.84. The highest BCUT2D eigenvalue weighted by Crippen LogP contribution is 2.28. The Morgan fingerprint density at radius 1 is 1.09 bits per heavy atom. The van der Waals surface area contributed by atoms with Crippen molar-refractivity contribution in [3.05, 3.63) is 98.5 Å². The number of hydrogen-bond acceptors (Lipinski definition) is 4. The molecule has 34 heavy (non-hydrogen) atoms. The number of carbonyl (C=O) groups excluding carboxylic acids is 1. The van der Waals surface area contributed by atoms with Crippen molar-refractivity contribution in [3.8, 4) is 11.4 Å². The van der Waals surface area contributed by atoms with Gasteiger partial charge in [0.05, 0.1) is 40.3 Å². The molecule has 0 saturated heterocycles. The molecule has 1 heterocycles. The second kappa shape index (κ2) is 9.87. The van der Waals surface area contributed by atoms with E-state index in [4.69, 9.17) is 32.9 Å². The molecule has 4 aromatic rings. The van der Waals surface area contributed by atoms with Crippen LogP contribution in [0.2, 0.25) is 10.0 Å². The van der Waals surface area contributed by atoms with Crippen LogP contribution in [0.15, 0.2) is 71.5 Å². The molecule has 0 aliphatic rings. The molecule has 0 bridgehead atoms. The number of para-hydroxylation sites is 1. The summed E-state index contributed by atoms with van der Waals surface area (Å²) in [6.45, 7) is 4.10. The van der Waals surface area contributed by atoms with Gasteiger partial charge in [0, 0.05) is 11.6 Å². The molecule has 0 radical (unpaired) electrons. The van der Waals surface area contributed by atoms with E-state index >= 15 is 0 Å². The first-order chi connectivity index (χ1) is 16.3. The Bertz CT molecular complexity index is 1420. The monoisotopic (exact) mass is 495 g/mol. The van der Waals surface area contributed by atoms with Gasteiger partial charge in [-0.25, -0.2) is 4.98 Å². The van der Waals surface area contributed by atoms with E-state index in [-0.39, 0.29) is 16.5 Å². The average molecular weight is 496 g/mol. The largest absolute Gasteiger partial charge is 0.497 e. The minimum Gasteiger partial charge on any atom is -0.497 e. The molecule has 6 nitrogen and oxygen atoms in total. The van der Waals surface area contributed by atoms with Crippen molar-refractivity contribution in [2.45, 2.75) is 19.9 Å². The maximum absolute atomic E-state index is 13.6. The molecular formula is C26H23Cl2N3O3. The van der Waals surface area contributed by atoms with Gasteiger partial charge in [-0.05, 0) is 68.4 Å². The van der Waals surface area contributed by atoms with Gasteiger partial charge >= 0.3 is 0 Å². The van der Waals surface area contributed by atoms with E-state index in [2.05, 4.69) is 0 Å². The highest BCUT2D eigenvalue weighted by atomic mass is 35.5. The van der Waals surface area contributed by atoms with E-state index < -0.39 is 6.04 Å². The standard InChI is InChI=1S/C26H23Cl2N3O3/c1-4-30(25(32)20-14-9-17(27)15-22(20)28)16(2)24-29-23-8-6-5-7-21(23)26(33)31(24)18-10-12-19(34-3)13-11-18/h5-16H,4H2,1-3H3. The van der Waals surface area contributed by atoms with Gasteiger partial charge in [-0.3, -0.25) is 14.2 Å². The van der Waals surface area contributed by atoms with Crippen molar-refractivity contribution in [2.24, 2.45) is 0 Å². The molecule has 0 aliphatic heterocycles. The Labute approximate surface area is 207 Å². The summed E-state index contributed by atoms with van der Waals surface area (Å²) in [5.41, 5.74) is 1.30. The van der Waals surface area contributed by atoms with Crippen LogP contribution in [0.4, 0.5) is 0 Å². The zero-order valence-electron chi connectivity index (χ0n) is 19.0. The normalized spacial score (nSPS) is 11.9. The molecule has 0 aliphatic carbocycles. The number of methoxy groups -OCH3 is 1. The van der Waals surface area contributed by atoms with Gasteiger partial charge in [-0.15, -0.1) is 0 Å². The van der Waals surface area contributed by atoms with Gasteiger partial charge in [0.2, 0.25) is 0 Å². The van der Waals surface area contributed by atoms with Crippen LogP contribution in [0.1, 0.15) is 36.1 Å². The Kier molecular flexibility index (Phi) is 6.91. The van der Waals surface area contributed by atoms with Crippen molar-refractivity contribution in [2.75, 3.05) is 13.7 Å². The lowest BCUT2D eigenvalue weighted by molar-refractivity contribution is 0.0693. The summed E-state index contributed by atoms with van der Waals surface area (Å²) in [6.07, 6.45) is 0. The van der Waals surface area contributed by atoms with Crippen molar-refractivity contribution in [1.82, 2.24) is 14.5 Å². The number of benzene rings is 3. The molecular weight excluding hydrogens is 473 g/mol. The quantitative estimate of drug-likeness (QED) is 0.332. The fraction of sp³-hybridized carbons (Fsp3) is 0.192. The van der Waals surface area contributed by atoms with Crippen LogP contribution < -0.4 is 10.3 Å². The topological polar surface area (TPSA) is 64.4 Å². The third-order valence-electron chi connectivity index (χ3n) is 5.74. The molecule has 0 N–H and O–H groups in total. The molecule has 1 aromatic heterocycles. The number of carbonyl (C=O) groups is 1. The molecule has 174 valence electrons. The molecule has 0 saturated carbocycles. The second-order valence-electron chi connectivity index (χ2n) is 7.72. The summed E-state index contributed by atoms with van der Waals surface area (Å²) in [5.74, 6) is 0.831. The minimum absolute atomic E-state index is 0.217. The predicted octanol–water partition coefficient (Wildman–Crippen LogP) is 5.92. The summed E-state index contributed by atoms with van der Waals surface area (Å²) >= 11 is 12.3. The minimum atomic E-state index is -0.538. The van der Waals surface area contributed by atoms with Crippen LogP contribution in [0.25, 0.3) is 16.6 Å². The number of rotatable bonds is 6. The second-order valence-corrected chi connectivity index (χ2v) is 8.56. The molecule has 1 atom stereocenters. The molecule has 0 fully saturated rings. The van der Waals surface area contributed by atoms with E-state index in [0.717, 1.165) is 0 Å². The highest BCUT2D eigenvalue weighted by molar-refractivity contribution is 6.36. The zero-order chi connectivity index (χ0) is 24.4. The zero-order valence-corrected chi connectivity index (χ0v) is 20.5. The van der Waals surface area contributed by atoms with Crippen molar-refractivity contribution in [1.29, 1.82) is 0 Å². The molecule has 1 unspecified atom stereocenters. The smallest absolute Gasteiger partial charge is 0.266 e. The van der Waals surface area contributed by atoms with Gasteiger partial charge in [0.15, 0.2) is 0 Å². The number of nitrogens with zero attached hydrogens (tertiary/aromatic N) is 3. The van der Waals surface area contributed by atoms with Gasteiger partial charge in [-0.1, -0.05) is 35.3 Å². The number of hydrogen-bond donors (Lipinski definition) is 0. The van der Waals surface area contributed by atoms with Crippen LogP contribution in [0, 0.1) is 0 Å². The number of fused-ring (bicyclic) bond motifs is 1. The number of halogens is 2. The van der Waals surface area contributed by atoms with Gasteiger partial charge in [0.25, 0.3) is 11.5 Å². The number of ether oxygens (including phenoxy) is 1. The van der Waals surface area contributed by atoms with Crippen LogP contribution in [-0.2, 0) is 0 Å².